The standard InChI is InChI=1S/C20H15BrN4O4S3/c1-3-28-13-9-10(8-12(21)15(13)29-18(27)14-5-4-6-31-14)7-11-16(22)25-19(23-17(11)26)32-24-20(25)30-2/h4-9,22H,3H2,1-2H3/b11-7-,22-16?. The van der Waals surface area contributed by atoms with E-state index < -0.39 is 11.9 Å². The average Bonchev–Trinajstić information content (AvgIpc) is 3.43. The Kier molecular flexibility index (Phi) is 6.84. The van der Waals surface area contributed by atoms with Crippen LogP contribution in [0.25, 0.3) is 6.08 Å². The molecule has 3 heterocycles. The van der Waals surface area contributed by atoms with Gasteiger partial charge in [-0.1, -0.05) is 17.8 Å². The Labute approximate surface area is 204 Å². The number of carbonyl (C=O) groups is 2. The van der Waals surface area contributed by atoms with E-state index in [0.717, 1.165) is 11.9 Å². The van der Waals surface area contributed by atoms with Gasteiger partial charge >= 0.3 is 5.97 Å². The molecular formula is C20H15BrN4O4S3. The molecule has 1 N–H and O–H groups in total. The van der Waals surface area contributed by atoms with Gasteiger partial charge in [0, 0.05) is 0 Å². The molecule has 1 aromatic heterocycles. The van der Waals surface area contributed by atoms with E-state index in [-0.39, 0.29) is 17.2 Å². The van der Waals surface area contributed by atoms with Crippen LogP contribution in [0.3, 0.4) is 0 Å². The summed E-state index contributed by atoms with van der Waals surface area (Å²) in [4.78, 5) is 31.1. The minimum Gasteiger partial charge on any atom is -0.490 e. The van der Waals surface area contributed by atoms with E-state index in [9.17, 15) is 9.59 Å². The third-order valence-corrected chi connectivity index (χ3v) is 7.13. The molecule has 0 atom stereocenters. The number of thioether (sulfide) groups is 1. The van der Waals surface area contributed by atoms with Crippen LogP contribution in [0.1, 0.15) is 22.2 Å². The molecule has 2 aromatic rings. The fourth-order valence-electron chi connectivity index (χ4n) is 2.87. The molecular weight excluding hydrogens is 536 g/mol. The summed E-state index contributed by atoms with van der Waals surface area (Å²) in [5.41, 5.74) is 0.702. The van der Waals surface area contributed by atoms with Crippen molar-refractivity contribution in [3.8, 4) is 11.5 Å². The number of thiophene rings is 1. The summed E-state index contributed by atoms with van der Waals surface area (Å²) in [6.07, 6.45) is 3.40. The molecule has 0 saturated carbocycles. The number of amidine groups is 3. The Balaban J connectivity index is 1.69. The zero-order chi connectivity index (χ0) is 22.8. The molecule has 0 spiro atoms. The van der Waals surface area contributed by atoms with Crippen LogP contribution in [0.5, 0.6) is 11.5 Å². The van der Waals surface area contributed by atoms with Crippen LogP contribution < -0.4 is 9.47 Å². The maximum Gasteiger partial charge on any atom is 0.353 e. The fourth-order valence-corrected chi connectivity index (χ4v) is 5.46. The van der Waals surface area contributed by atoms with Gasteiger partial charge in [-0.05, 0) is 64.3 Å². The van der Waals surface area contributed by atoms with Crippen molar-refractivity contribution in [2.24, 2.45) is 9.39 Å². The zero-order valence-corrected chi connectivity index (χ0v) is 20.8. The summed E-state index contributed by atoms with van der Waals surface area (Å²) in [7, 11) is 0. The molecule has 4 rings (SSSR count). The van der Waals surface area contributed by atoms with Crippen molar-refractivity contribution in [1.29, 1.82) is 5.41 Å². The van der Waals surface area contributed by atoms with Crippen molar-refractivity contribution < 1.29 is 19.1 Å². The van der Waals surface area contributed by atoms with E-state index in [4.69, 9.17) is 14.9 Å². The highest BCUT2D eigenvalue weighted by Gasteiger charge is 2.37. The predicted octanol–water partition coefficient (Wildman–Crippen LogP) is 5.07. The number of nitrogens with zero attached hydrogens (tertiary/aromatic N) is 3. The smallest absolute Gasteiger partial charge is 0.353 e. The second-order valence-electron chi connectivity index (χ2n) is 6.24. The van der Waals surface area contributed by atoms with Crippen LogP contribution in [-0.4, -0.2) is 45.8 Å². The Morgan fingerprint density at radius 3 is 2.91 bits per heavy atom. The molecule has 0 fully saturated rings. The monoisotopic (exact) mass is 550 g/mol. The second kappa shape index (κ2) is 9.61. The number of rotatable bonds is 5. The first-order chi connectivity index (χ1) is 15.4. The third kappa shape index (κ3) is 4.40. The number of aliphatic imine (C=N–C) groups is 1. The molecule has 0 bridgehead atoms. The normalized spacial score (nSPS) is 16.7. The largest absolute Gasteiger partial charge is 0.490 e. The number of nitrogens with one attached hydrogen (secondary N) is 1. The van der Waals surface area contributed by atoms with Crippen LogP contribution in [-0.2, 0) is 4.79 Å². The Morgan fingerprint density at radius 1 is 1.41 bits per heavy atom. The van der Waals surface area contributed by atoms with E-state index in [1.807, 2.05) is 13.2 Å². The molecule has 2 aliphatic rings. The minimum atomic E-state index is -0.520. The molecule has 1 amide bonds. The Morgan fingerprint density at radius 2 is 2.22 bits per heavy atom. The number of halogens is 1. The van der Waals surface area contributed by atoms with E-state index >= 15 is 0 Å². The van der Waals surface area contributed by atoms with Crippen molar-refractivity contribution in [1.82, 2.24) is 4.90 Å². The number of amides is 1. The molecule has 0 radical (unpaired) electrons. The predicted molar refractivity (Wildman–Crippen MR) is 133 cm³/mol. The summed E-state index contributed by atoms with van der Waals surface area (Å²) in [6, 6.07) is 6.79. The fraction of sp³-hybridized carbons (Fsp3) is 0.150. The number of benzene rings is 1. The van der Waals surface area contributed by atoms with Gasteiger partial charge in [-0.25, -0.2) is 9.69 Å². The molecule has 164 valence electrons. The Hall–Kier alpha value is -2.41. The molecule has 8 nitrogen and oxygen atoms in total. The first-order valence-corrected chi connectivity index (χ1v) is 12.8. The van der Waals surface area contributed by atoms with Crippen molar-refractivity contribution in [2.45, 2.75) is 6.92 Å². The van der Waals surface area contributed by atoms with Crippen LogP contribution in [0, 0.1) is 5.41 Å². The van der Waals surface area contributed by atoms with E-state index in [0.29, 0.717) is 37.6 Å². The van der Waals surface area contributed by atoms with Gasteiger partial charge in [0.2, 0.25) is 5.17 Å². The average molecular weight is 551 g/mol. The van der Waals surface area contributed by atoms with Crippen molar-refractivity contribution in [3.05, 3.63) is 50.1 Å². The van der Waals surface area contributed by atoms with E-state index in [1.165, 1.54) is 28.0 Å². The van der Waals surface area contributed by atoms with Gasteiger partial charge in [-0.3, -0.25) is 10.2 Å². The number of esters is 1. The molecule has 0 aliphatic carbocycles. The number of carbonyl (C=O) groups excluding carboxylic acids is 2. The van der Waals surface area contributed by atoms with Gasteiger partial charge in [-0.15, -0.1) is 11.3 Å². The van der Waals surface area contributed by atoms with Crippen molar-refractivity contribution in [3.63, 3.8) is 0 Å². The lowest BCUT2D eigenvalue weighted by Gasteiger charge is -2.24. The second-order valence-corrected chi connectivity index (χ2v) is 9.55. The highest BCUT2D eigenvalue weighted by atomic mass is 79.9. The first kappa shape index (κ1) is 22.8. The lowest BCUT2D eigenvalue weighted by atomic mass is 10.1. The number of hydrogen-bond donors (Lipinski definition) is 1. The topological polar surface area (TPSA) is 104 Å². The number of hydrogen-bond acceptors (Lipinski definition) is 9. The number of fused-ring (bicyclic) bond motifs is 1. The minimum absolute atomic E-state index is 0.000354. The summed E-state index contributed by atoms with van der Waals surface area (Å²) in [5.74, 6) is -0.436. The third-order valence-electron chi connectivity index (χ3n) is 4.24. The first-order valence-electron chi connectivity index (χ1n) is 9.17. The summed E-state index contributed by atoms with van der Waals surface area (Å²) in [6.45, 7) is 2.16. The summed E-state index contributed by atoms with van der Waals surface area (Å²) < 4.78 is 16.0. The maximum atomic E-state index is 12.6. The zero-order valence-electron chi connectivity index (χ0n) is 16.7. The van der Waals surface area contributed by atoms with Gasteiger partial charge in [0.05, 0.1) is 28.6 Å². The quantitative estimate of drug-likeness (QED) is 0.240. The van der Waals surface area contributed by atoms with Crippen LogP contribution in [0.2, 0.25) is 0 Å². The van der Waals surface area contributed by atoms with E-state index in [2.05, 4.69) is 25.3 Å². The maximum absolute atomic E-state index is 12.6. The van der Waals surface area contributed by atoms with Gasteiger partial charge < -0.3 is 9.47 Å². The van der Waals surface area contributed by atoms with E-state index in [1.54, 1.807) is 35.7 Å². The lowest BCUT2D eigenvalue weighted by Crippen LogP contribution is -2.41. The summed E-state index contributed by atoms with van der Waals surface area (Å²) >= 11 is 7.16. The van der Waals surface area contributed by atoms with Gasteiger partial charge in [0.25, 0.3) is 5.91 Å². The van der Waals surface area contributed by atoms with Crippen molar-refractivity contribution in [2.75, 3.05) is 12.9 Å². The molecule has 0 unspecified atom stereocenters. The summed E-state index contributed by atoms with van der Waals surface area (Å²) in [5, 5.41) is 11.3. The highest BCUT2D eigenvalue weighted by Crippen LogP contribution is 2.39. The van der Waals surface area contributed by atoms with Gasteiger partial charge in [-0.2, -0.15) is 9.39 Å². The molecule has 1 aromatic carbocycles. The van der Waals surface area contributed by atoms with Crippen LogP contribution in [0.15, 0.2) is 49.1 Å². The van der Waals surface area contributed by atoms with Crippen LogP contribution >= 0.6 is 51.0 Å². The number of ether oxygens (including phenoxy) is 2. The van der Waals surface area contributed by atoms with Crippen LogP contribution in [0.4, 0.5) is 0 Å². The van der Waals surface area contributed by atoms with Gasteiger partial charge in [0.15, 0.2) is 16.7 Å². The molecule has 12 heteroatoms. The molecule has 32 heavy (non-hydrogen) atoms. The highest BCUT2D eigenvalue weighted by molar-refractivity contribution is 9.10. The molecule has 0 saturated heterocycles. The van der Waals surface area contributed by atoms with Crippen molar-refractivity contribution >= 4 is 85.1 Å². The SMILES string of the molecule is CCOc1cc(/C=C2/C(=N)N3C(SC)=NSC3=NC2=O)cc(Br)c1OC(=O)c1cccs1. The van der Waals surface area contributed by atoms with Gasteiger partial charge in [0.1, 0.15) is 10.7 Å². The molecule has 2 aliphatic heterocycles. The Bertz CT molecular complexity index is 1210. The lowest BCUT2D eigenvalue weighted by molar-refractivity contribution is -0.114.